The number of aryl methyl sites for hydroxylation is 2. The molecule has 1 heterocycles. The summed E-state index contributed by atoms with van der Waals surface area (Å²) in [5.41, 5.74) is 4.00. The smallest absolute Gasteiger partial charge is 0.119 e. The first-order chi connectivity index (χ1) is 9.25. The van der Waals surface area contributed by atoms with Crippen LogP contribution < -0.4 is 10.1 Å². The summed E-state index contributed by atoms with van der Waals surface area (Å²) in [5, 5.41) is 7.72. The predicted molar refractivity (Wildman–Crippen MR) is 82.3 cm³/mol. The van der Waals surface area contributed by atoms with E-state index >= 15 is 0 Å². The van der Waals surface area contributed by atoms with Crippen LogP contribution in [-0.2, 0) is 6.42 Å². The molecule has 2 aromatic rings. The van der Waals surface area contributed by atoms with Crippen LogP contribution in [0.3, 0.4) is 0 Å². The Bertz CT molecular complexity index is 493. The summed E-state index contributed by atoms with van der Waals surface area (Å²) >= 11 is 1.76. The molecular formula is C16H21NOS. The summed E-state index contributed by atoms with van der Waals surface area (Å²) in [5.74, 6) is 0.961. The van der Waals surface area contributed by atoms with Gasteiger partial charge in [-0.3, -0.25) is 0 Å². The SMILES string of the molecule is Cc1ccc(OCCNCCc2ccsc2)cc1C. The lowest BCUT2D eigenvalue weighted by atomic mass is 10.1. The lowest BCUT2D eigenvalue weighted by Gasteiger charge is -2.09. The van der Waals surface area contributed by atoms with Crippen molar-refractivity contribution in [2.45, 2.75) is 20.3 Å². The van der Waals surface area contributed by atoms with Crippen molar-refractivity contribution in [1.29, 1.82) is 0 Å². The number of hydrogen-bond donors (Lipinski definition) is 1. The van der Waals surface area contributed by atoms with E-state index in [0.717, 1.165) is 25.3 Å². The van der Waals surface area contributed by atoms with Crippen LogP contribution in [0.25, 0.3) is 0 Å². The highest BCUT2D eigenvalue weighted by Crippen LogP contribution is 2.16. The molecule has 0 atom stereocenters. The minimum atomic E-state index is 0.714. The van der Waals surface area contributed by atoms with Crippen LogP contribution in [0.1, 0.15) is 16.7 Å². The zero-order valence-corrected chi connectivity index (χ0v) is 12.4. The van der Waals surface area contributed by atoms with Gasteiger partial charge in [0.2, 0.25) is 0 Å². The Morgan fingerprint density at radius 3 is 2.74 bits per heavy atom. The second-order valence-corrected chi connectivity index (χ2v) is 5.51. The lowest BCUT2D eigenvalue weighted by molar-refractivity contribution is 0.314. The molecule has 0 fully saturated rings. The maximum atomic E-state index is 5.72. The minimum Gasteiger partial charge on any atom is -0.492 e. The second-order valence-electron chi connectivity index (χ2n) is 4.73. The standard InChI is InChI=1S/C16H21NOS/c1-13-3-4-16(11-14(13)2)18-9-8-17-7-5-15-6-10-19-12-15/h3-4,6,10-12,17H,5,7-9H2,1-2H3. The molecule has 19 heavy (non-hydrogen) atoms. The third-order valence-electron chi connectivity index (χ3n) is 3.20. The van der Waals surface area contributed by atoms with Gasteiger partial charge in [0.05, 0.1) is 0 Å². The molecular weight excluding hydrogens is 254 g/mol. The zero-order chi connectivity index (χ0) is 13.5. The largest absolute Gasteiger partial charge is 0.492 e. The normalized spacial score (nSPS) is 10.6. The summed E-state index contributed by atoms with van der Waals surface area (Å²) in [6.45, 7) is 6.84. The van der Waals surface area contributed by atoms with Crippen LogP contribution in [0, 0.1) is 13.8 Å². The van der Waals surface area contributed by atoms with Gasteiger partial charge in [-0.15, -0.1) is 0 Å². The Kier molecular flexibility index (Phi) is 5.43. The average molecular weight is 275 g/mol. The third kappa shape index (κ3) is 4.69. The Labute approximate surface area is 119 Å². The van der Waals surface area contributed by atoms with E-state index in [4.69, 9.17) is 4.74 Å². The maximum Gasteiger partial charge on any atom is 0.119 e. The molecule has 1 aromatic carbocycles. The summed E-state index contributed by atoms with van der Waals surface area (Å²) in [7, 11) is 0. The van der Waals surface area contributed by atoms with Crippen molar-refractivity contribution in [2.24, 2.45) is 0 Å². The molecule has 102 valence electrons. The fraction of sp³-hybridized carbons (Fsp3) is 0.375. The zero-order valence-electron chi connectivity index (χ0n) is 11.6. The maximum absolute atomic E-state index is 5.72. The quantitative estimate of drug-likeness (QED) is 0.780. The van der Waals surface area contributed by atoms with E-state index in [-0.39, 0.29) is 0 Å². The molecule has 0 unspecified atom stereocenters. The van der Waals surface area contributed by atoms with Crippen LogP contribution >= 0.6 is 11.3 Å². The molecule has 0 saturated heterocycles. The number of hydrogen-bond acceptors (Lipinski definition) is 3. The van der Waals surface area contributed by atoms with Gasteiger partial charge in [-0.1, -0.05) is 6.07 Å². The highest BCUT2D eigenvalue weighted by atomic mass is 32.1. The van der Waals surface area contributed by atoms with Crippen molar-refractivity contribution in [3.05, 3.63) is 51.7 Å². The fourth-order valence-electron chi connectivity index (χ4n) is 1.84. The van der Waals surface area contributed by atoms with E-state index < -0.39 is 0 Å². The molecule has 0 spiro atoms. The topological polar surface area (TPSA) is 21.3 Å². The van der Waals surface area contributed by atoms with Gasteiger partial charge in [0.15, 0.2) is 0 Å². The third-order valence-corrected chi connectivity index (χ3v) is 3.93. The van der Waals surface area contributed by atoms with Crippen molar-refractivity contribution in [3.8, 4) is 5.75 Å². The lowest BCUT2D eigenvalue weighted by Crippen LogP contribution is -2.23. The molecule has 0 aliphatic carbocycles. The summed E-state index contributed by atoms with van der Waals surface area (Å²) in [6.07, 6.45) is 1.09. The first kappa shape index (κ1) is 14.1. The van der Waals surface area contributed by atoms with Gasteiger partial charge in [0, 0.05) is 6.54 Å². The van der Waals surface area contributed by atoms with Gasteiger partial charge in [0.1, 0.15) is 12.4 Å². The van der Waals surface area contributed by atoms with E-state index in [2.05, 4.69) is 48.1 Å². The van der Waals surface area contributed by atoms with E-state index in [1.54, 1.807) is 11.3 Å². The van der Waals surface area contributed by atoms with Crippen LogP contribution in [0.2, 0.25) is 0 Å². The van der Waals surface area contributed by atoms with Crippen LogP contribution in [-0.4, -0.2) is 19.7 Å². The summed E-state index contributed by atoms with van der Waals surface area (Å²) in [6, 6.07) is 8.42. The molecule has 0 bridgehead atoms. The number of benzene rings is 1. The van der Waals surface area contributed by atoms with E-state index in [0.29, 0.717) is 6.61 Å². The van der Waals surface area contributed by atoms with Crippen LogP contribution in [0.5, 0.6) is 5.75 Å². The van der Waals surface area contributed by atoms with Crippen LogP contribution in [0.4, 0.5) is 0 Å². The van der Waals surface area contributed by atoms with E-state index in [1.807, 2.05) is 6.07 Å². The molecule has 1 N–H and O–H groups in total. The van der Waals surface area contributed by atoms with Gasteiger partial charge >= 0.3 is 0 Å². The van der Waals surface area contributed by atoms with E-state index in [1.165, 1.54) is 16.7 Å². The number of nitrogens with one attached hydrogen (secondary N) is 1. The fourth-order valence-corrected chi connectivity index (χ4v) is 2.54. The van der Waals surface area contributed by atoms with Crippen molar-refractivity contribution in [1.82, 2.24) is 5.32 Å². The number of thiophene rings is 1. The number of ether oxygens (including phenoxy) is 1. The Hall–Kier alpha value is -1.32. The van der Waals surface area contributed by atoms with Crippen molar-refractivity contribution >= 4 is 11.3 Å². The van der Waals surface area contributed by atoms with E-state index in [9.17, 15) is 0 Å². The van der Waals surface area contributed by atoms with Gasteiger partial charge in [0.25, 0.3) is 0 Å². The molecule has 1 aromatic heterocycles. The minimum absolute atomic E-state index is 0.714. The van der Waals surface area contributed by atoms with Gasteiger partial charge in [-0.25, -0.2) is 0 Å². The van der Waals surface area contributed by atoms with Crippen molar-refractivity contribution in [2.75, 3.05) is 19.7 Å². The molecule has 3 heteroatoms. The van der Waals surface area contributed by atoms with Gasteiger partial charge in [-0.2, -0.15) is 11.3 Å². The van der Waals surface area contributed by atoms with Crippen LogP contribution in [0.15, 0.2) is 35.0 Å². The van der Waals surface area contributed by atoms with Crippen molar-refractivity contribution < 1.29 is 4.74 Å². The first-order valence-electron chi connectivity index (χ1n) is 6.67. The van der Waals surface area contributed by atoms with Crippen molar-refractivity contribution in [3.63, 3.8) is 0 Å². The Balaban J connectivity index is 1.60. The van der Waals surface area contributed by atoms with Gasteiger partial charge < -0.3 is 10.1 Å². The summed E-state index contributed by atoms with van der Waals surface area (Å²) in [4.78, 5) is 0. The Morgan fingerprint density at radius 1 is 1.11 bits per heavy atom. The molecule has 2 rings (SSSR count). The second kappa shape index (κ2) is 7.31. The summed E-state index contributed by atoms with van der Waals surface area (Å²) < 4.78 is 5.72. The molecule has 2 nitrogen and oxygen atoms in total. The monoisotopic (exact) mass is 275 g/mol. The first-order valence-corrected chi connectivity index (χ1v) is 7.62. The molecule has 0 saturated carbocycles. The highest BCUT2D eigenvalue weighted by Gasteiger charge is 1.97. The molecule has 0 aliphatic heterocycles. The van der Waals surface area contributed by atoms with Gasteiger partial charge in [-0.05, 0) is 72.5 Å². The Morgan fingerprint density at radius 2 is 2.00 bits per heavy atom. The molecule has 0 amide bonds. The average Bonchev–Trinajstić information content (AvgIpc) is 2.91. The molecule has 0 aliphatic rings. The highest BCUT2D eigenvalue weighted by molar-refractivity contribution is 7.07. The molecule has 0 radical (unpaired) electrons. The predicted octanol–water partition coefficient (Wildman–Crippen LogP) is 3.58. The number of rotatable bonds is 7.